The first kappa shape index (κ1) is 20.9. The monoisotopic (exact) mass is 427 g/mol. The van der Waals surface area contributed by atoms with Gasteiger partial charge in [0.25, 0.3) is 0 Å². The van der Waals surface area contributed by atoms with Crippen LogP contribution in [0.1, 0.15) is 19.4 Å². The molecule has 1 aromatic heterocycles. The van der Waals surface area contributed by atoms with E-state index >= 15 is 0 Å². The highest BCUT2D eigenvalue weighted by Crippen LogP contribution is 2.27. The second kappa shape index (κ2) is 7.90. The molecule has 0 aliphatic carbocycles. The summed E-state index contributed by atoms with van der Waals surface area (Å²) in [6.45, 7) is 3.20. The predicted molar refractivity (Wildman–Crippen MR) is 103 cm³/mol. The number of imidazole rings is 1. The van der Waals surface area contributed by atoms with Crippen LogP contribution in [0.3, 0.4) is 0 Å². The van der Waals surface area contributed by atoms with Crippen LogP contribution in [-0.2, 0) is 0 Å². The summed E-state index contributed by atoms with van der Waals surface area (Å²) < 4.78 is 41.7. The lowest BCUT2D eigenvalue weighted by atomic mass is 10.1. The molecule has 0 bridgehead atoms. The Bertz CT molecular complexity index is 1100. The molecule has 0 unspecified atom stereocenters. The molecule has 0 fully saturated rings. The lowest BCUT2D eigenvalue weighted by Crippen LogP contribution is -2.29. The van der Waals surface area contributed by atoms with E-state index in [9.17, 15) is 23.5 Å². The molecular weight excluding hydrogens is 411 g/mol. The molecule has 2 aromatic carbocycles. The Balaban J connectivity index is 2.11. The average Bonchev–Trinajstić information content (AvgIpc) is 3.08. The molecule has 0 amide bonds. The normalized spacial score (nSPS) is 12.5. The number of halogens is 4. The summed E-state index contributed by atoms with van der Waals surface area (Å²) in [5, 5.41) is 21.9. The third kappa shape index (κ3) is 4.61. The number of nitrogens with one attached hydrogen (secondary N) is 3. The SMILES string of the molecule is CC(C)(O)CNc1nc2c(F)c(F)cc(C(=Nc3ccc(F)c(Cl)c3)NO)c2[nH]1. The summed E-state index contributed by atoms with van der Waals surface area (Å²) in [7, 11) is 0. The van der Waals surface area contributed by atoms with Crippen LogP contribution in [0.4, 0.5) is 24.8 Å². The van der Waals surface area contributed by atoms with E-state index < -0.39 is 23.1 Å². The lowest BCUT2D eigenvalue weighted by Gasteiger charge is -2.16. The number of aromatic amines is 1. The van der Waals surface area contributed by atoms with Gasteiger partial charge in [0.1, 0.15) is 11.3 Å². The van der Waals surface area contributed by atoms with Crippen molar-refractivity contribution in [2.75, 3.05) is 11.9 Å². The fraction of sp³-hybridized carbons (Fsp3) is 0.222. The molecule has 0 aliphatic heterocycles. The number of rotatable bonds is 5. The Morgan fingerprint density at radius 1 is 1.24 bits per heavy atom. The second-order valence-corrected chi connectivity index (χ2v) is 7.27. The van der Waals surface area contributed by atoms with Crippen molar-refractivity contribution in [3.8, 4) is 0 Å². The summed E-state index contributed by atoms with van der Waals surface area (Å²) in [5.41, 5.74) is 0.569. The van der Waals surface area contributed by atoms with Crippen molar-refractivity contribution >= 4 is 40.1 Å². The number of hydroxylamine groups is 1. The van der Waals surface area contributed by atoms with E-state index in [1.165, 1.54) is 12.1 Å². The van der Waals surface area contributed by atoms with Gasteiger partial charge >= 0.3 is 0 Å². The largest absolute Gasteiger partial charge is 0.389 e. The van der Waals surface area contributed by atoms with Gasteiger partial charge in [0.15, 0.2) is 17.5 Å². The van der Waals surface area contributed by atoms with Gasteiger partial charge in [0.2, 0.25) is 5.95 Å². The minimum atomic E-state index is -1.21. The number of benzene rings is 2. The maximum Gasteiger partial charge on any atom is 0.201 e. The first-order valence-corrected chi connectivity index (χ1v) is 8.75. The Morgan fingerprint density at radius 3 is 2.59 bits per heavy atom. The average molecular weight is 428 g/mol. The summed E-state index contributed by atoms with van der Waals surface area (Å²) >= 11 is 5.72. The number of hydrogen-bond acceptors (Lipinski definition) is 5. The van der Waals surface area contributed by atoms with E-state index in [2.05, 4.69) is 20.3 Å². The fourth-order valence-corrected chi connectivity index (χ4v) is 2.68. The molecule has 0 saturated carbocycles. The minimum Gasteiger partial charge on any atom is -0.389 e. The predicted octanol–water partition coefficient (Wildman–Crippen LogP) is 3.87. The van der Waals surface area contributed by atoms with Gasteiger partial charge in [0, 0.05) is 12.1 Å². The van der Waals surface area contributed by atoms with Gasteiger partial charge < -0.3 is 15.4 Å². The zero-order chi connectivity index (χ0) is 21.3. The number of H-pyrrole nitrogens is 1. The number of anilines is 1. The highest BCUT2D eigenvalue weighted by atomic mass is 35.5. The molecule has 3 aromatic rings. The third-order valence-corrected chi connectivity index (χ3v) is 4.14. The van der Waals surface area contributed by atoms with Gasteiger partial charge in [-0.1, -0.05) is 11.6 Å². The molecule has 7 nitrogen and oxygen atoms in total. The van der Waals surface area contributed by atoms with Crippen LogP contribution in [0.15, 0.2) is 29.3 Å². The van der Waals surface area contributed by atoms with Crippen molar-refractivity contribution < 1.29 is 23.5 Å². The molecule has 0 saturated heterocycles. The van der Waals surface area contributed by atoms with E-state index in [0.717, 1.165) is 12.1 Å². The van der Waals surface area contributed by atoms with E-state index in [0.29, 0.717) is 0 Å². The van der Waals surface area contributed by atoms with Gasteiger partial charge in [-0.15, -0.1) is 0 Å². The second-order valence-electron chi connectivity index (χ2n) is 6.87. The van der Waals surface area contributed by atoms with Crippen LogP contribution in [0, 0.1) is 17.5 Å². The number of aliphatic hydroxyl groups is 1. The summed E-state index contributed by atoms with van der Waals surface area (Å²) in [6, 6.07) is 4.39. The van der Waals surface area contributed by atoms with E-state index in [1.807, 2.05) is 5.48 Å². The van der Waals surface area contributed by atoms with Crippen LogP contribution in [0.2, 0.25) is 5.02 Å². The third-order valence-electron chi connectivity index (χ3n) is 3.86. The van der Waals surface area contributed by atoms with E-state index in [4.69, 9.17) is 11.6 Å². The zero-order valence-electron chi connectivity index (χ0n) is 15.3. The Hall–Kier alpha value is -2.82. The Kier molecular flexibility index (Phi) is 5.69. The van der Waals surface area contributed by atoms with Crippen molar-refractivity contribution in [1.82, 2.24) is 15.4 Å². The molecule has 11 heteroatoms. The van der Waals surface area contributed by atoms with Crippen LogP contribution in [0.25, 0.3) is 11.0 Å². The molecule has 29 heavy (non-hydrogen) atoms. The molecule has 0 atom stereocenters. The van der Waals surface area contributed by atoms with Gasteiger partial charge in [-0.3, -0.25) is 10.7 Å². The highest BCUT2D eigenvalue weighted by Gasteiger charge is 2.21. The van der Waals surface area contributed by atoms with Crippen molar-refractivity contribution in [3.63, 3.8) is 0 Å². The van der Waals surface area contributed by atoms with Crippen molar-refractivity contribution in [2.45, 2.75) is 19.4 Å². The lowest BCUT2D eigenvalue weighted by molar-refractivity contribution is 0.0943. The van der Waals surface area contributed by atoms with Gasteiger partial charge in [0.05, 0.1) is 21.8 Å². The van der Waals surface area contributed by atoms with Crippen molar-refractivity contribution in [3.05, 3.63) is 52.3 Å². The van der Waals surface area contributed by atoms with E-state index in [1.54, 1.807) is 13.8 Å². The molecule has 3 rings (SSSR count). The maximum atomic E-state index is 14.2. The standard InChI is InChI=1S/C18H17ClF3N5O2/c1-18(2,28)7-23-17-25-14-9(6-12(21)13(22)15(14)26-17)16(27-29)24-8-3-4-11(20)10(19)5-8/h3-6,28-29H,7H2,1-2H3,(H,24,27)(H2,23,25,26). The van der Waals surface area contributed by atoms with E-state index in [-0.39, 0.29) is 45.6 Å². The molecule has 5 N–H and O–H groups in total. The molecule has 1 heterocycles. The first-order valence-electron chi connectivity index (χ1n) is 8.37. The number of aromatic nitrogens is 2. The van der Waals surface area contributed by atoms with Crippen LogP contribution in [-0.4, -0.2) is 38.3 Å². The van der Waals surface area contributed by atoms with Crippen molar-refractivity contribution in [1.29, 1.82) is 0 Å². The minimum absolute atomic E-state index is 0.0364. The van der Waals surface area contributed by atoms with Crippen LogP contribution >= 0.6 is 11.6 Å². The molecular formula is C18H17ClF3N5O2. The number of fused-ring (bicyclic) bond motifs is 1. The molecule has 0 aliphatic rings. The first-order chi connectivity index (χ1) is 13.6. The summed E-state index contributed by atoms with van der Waals surface area (Å²) in [5.74, 6) is -3.24. The number of nitrogens with zero attached hydrogens (tertiary/aromatic N) is 2. The zero-order valence-corrected chi connectivity index (χ0v) is 16.1. The van der Waals surface area contributed by atoms with Crippen LogP contribution in [0.5, 0.6) is 0 Å². The van der Waals surface area contributed by atoms with Crippen molar-refractivity contribution in [2.24, 2.45) is 4.99 Å². The van der Waals surface area contributed by atoms with Gasteiger partial charge in [-0.25, -0.2) is 23.1 Å². The fourth-order valence-electron chi connectivity index (χ4n) is 2.50. The quantitative estimate of drug-likeness (QED) is 0.241. The van der Waals surface area contributed by atoms with Crippen LogP contribution < -0.4 is 10.8 Å². The summed E-state index contributed by atoms with van der Waals surface area (Å²) in [6.07, 6.45) is 0. The maximum absolute atomic E-state index is 14.2. The summed E-state index contributed by atoms with van der Waals surface area (Å²) in [4.78, 5) is 10.8. The topological polar surface area (TPSA) is 106 Å². The molecule has 154 valence electrons. The number of hydrogen-bond donors (Lipinski definition) is 5. The Morgan fingerprint density at radius 2 is 1.97 bits per heavy atom. The van der Waals surface area contributed by atoms with Gasteiger partial charge in [-0.2, -0.15) is 0 Å². The highest BCUT2D eigenvalue weighted by molar-refractivity contribution is 6.31. The number of amidine groups is 1. The Labute approximate surface area is 168 Å². The number of aliphatic imine (C=N–C) groups is 1. The molecule has 0 spiro atoms. The van der Waals surface area contributed by atoms with Gasteiger partial charge in [-0.05, 0) is 38.1 Å². The smallest absolute Gasteiger partial charge is 0.201 e. The molecule has 0 radical (unpaired) electrons.